The third-order valence-corrected chi connectivity index (χ3v) is 3.81. The Hall–Kier alpha value is -1.40. The molecule has 1 aliphatic heterocycles. The lowest BCUT2D eigenvalue weighted by Gasteiger charge is -2.22. The fraction of sp³-hybridized carbons (Fsp3) is 0.714. The molecule has 0 amide bonds. The number of nitrogens with zero attached hydrogens (tertiary/aromatic N) is 3. The summed E-state index contributed by atoms with van der Waals surface area (Å²) in [5, 5.41) is 13.7. The van der Waals surface area contributed by atoms with E-state index in [0.29, 0.717) is 26.1 Å². The summed E-state index contributed by atoms with van der Waals surface area (Å²) in [6.07, 6.45) is 2.51. The van der Waals surface area contributed by atoms with Crippen LogP contribution in [0.25, 0.3) is 0 Å². The zero-order valence-electron chi connectivity index (χ0n) is 12.7. The van der Waals surface area contributed by atoms with Gasteiger partial charge in [0.1, 0.15) is 5.54 Å². The average molecular weight is 280 g/mol. The molecule has 1 unspecified atom stereocenters. The van der Waals surface area contributed by atoms with E-state index in [4.69, 9.17) is 5.73 Å². The molecule has 1 aliphatic rings. The molecule has 6 nitrogen and oxygen atoms in total. The third-order valence-electron chi connectivity index (χ3n) is 3.81. The first-order valence-corrected chi connectivity index (χ1v) is 6.89. The second-order valence-corrected chi connectivity index (χ2v) is 6.85. The van der Waals surface area contributed by atoms with Gasteiger partial charge in [0, 0.05) is 43.9 Å². The van der Waals surface area contributed by atoms with Crippen LogP contribution in [0.2, 0.25) is 0 Å². The first kappa shape index (κ1) is 15.0. The maximum Gasteiger partial charge on any atom is 0.325 e. The number of carboxylic acids is 1. The summed E-state index contributed by atoms with van der Waals surface area (Å²) >= 11 is 0. The van der Waals surface area contributed by atoms with Crippen molar-refractivity contribution in [1.29, 1.82) is 0 Å². The number of carbonyl (C=O) groups is 1. The van der Waals surface area contributed by atoms with Gasteiger partial charge in [0.2, 0.25) is 0 Å². The maximum atomic E-state index is 11.2. The fourth-order valence-electron chi connectivity index (χ4n) is 2.75. The number of carboxylic acid groups (broad SMARTS) is 1. The lowest BCUT2D eigenvalue weighted by Crippen LogP contribution is -2.50. The second-order valence-electron chi connectivity index (χ2n) is 6.85. The van der Waals surface area contributed by atoms with Gasteiger partial charge in [-0.1, -0.05) is 20.8 Å². The van der Waals surface area contributed by atoms with E-state index in [-0.39, 0.29) is 5.41 Å². The van der Waals surface area contributed by atoms with Gasteiger partial charge >= 0.3 is 5.97 Å². The van der Waals surface area contributed by atoms with Gasteiger partial charge in [-0.2, -0.15) is 5.10 Å². The van der Waals surface area contributed by atoms with Crippen LogP contribution in [0.4, 0.5) is 0 Å². The molecule has 2 rings (SSSR count). The van der Waals surface area contributed by atoms with Gasteiger partial charge in [-0.05, 0) is 6.42 Å². The van der Waals surface area contributed by atoms with E-state index in [1.165, 1.54) is 0 Å². The van der Waals surface area contributed by atoms with Crippen molar-refractivity contribution in [1.82, 2.24) is 14.7 Å². The first-order chi connectivity index (χ1) is 9.12. The van der Waals surface area contributed by atoms with E-state index in [1.807, 2.05) is 17.9 Å². The molecule has 2 heterocycles. The van der Waals surface area contributed by atoms with Gasteiger partial charge in [0.25, 0.3) is 0 Å². The molecule has 1 atom stereocenters. The molecule has 112 valence electrons. The van der Waals surface area contributed by atoms with Crippen molar-refractivity contribution in [3.63, 3.8) is 0 Å². The largest absolute Gasteiger partial charge is 0.480 e. The van der Waals surface area contributed by atoms with Crippen molar-refractivity contribution in [3.05, 3.63) is 17.5 Å². The minimum Gasteiger partial charge on any atom is -0.480 e. The molecule has 6 heteroatoms. The van der Waals surface area contributed by atoms with Gasteiger partial charge in [-0.15, -0.1) is 0 Å². The Balaban J connectivity index is 2.15. The number of likely N-dealkylation sites (tertiary alicyclic amines) is 1. The SMILES string of the molecule is Cn1cc(CN2CCC(N)(C(=O)O)C2)c(C(C)(C)C)n1. The van der Waals surface area contributed by atoms with Gasteiger partial charge in [-0.25, -0.2) is 0 Å². The van der Waals surface area contributed by atoms with Crippen molar-refractivity contribution < 1.29 is 9.90 Å². The molecule has 1 aromatic heterocycles. The lowest BCUT2D eigenvalue weighted by molar-refractivity contribution is -0.142. The van der Waals surface area contributed by atoms with E-state index < -0.39 is 11.5 Å². The van der Waals surface area contributed by atoms with Crippen LogP contribution < -0.4 is 5.73 Å². The van der Waals surface area contributed by atoms with Crippen LogP contribution in [0.1, 0.15) is 38.4 Å². The average Bonchev–Trinajstić information content (AvgIpc) is 2.83. The summed E-state index contributed by atoms with van der Waals surface area (Å²) in [7, 11) is 1.91. The molecule has 0 radical (unpaired) electrons. The fourth-order valence-corrected chi connectivity index (χ4v) is 2.75. The van der Waals surface area contributed by atoms with Crippen molar-refractivity contribution >= 4 is 5.97 Å². The summed E-state index contributed by atoms with van der Waals surface area (Å²) < 4.78 is 1.82. The van der Waals surface area contributed by atoms with Crippen LogP contribution in [0.15, 0.2) is 6.20 Å². The number of aryl methyl sites for hydroxylation is 1. The monoisotopic (exact) mass is 280 g/mol. The number of nitrogens with two attached hydrogens (primary N) is 1. The molecule has 0 aliphatic carbocycles. The zero-order chi connectivity index (χ0) is 15.1. The Morgan fingerprint density at radius 2 is 2.20 bits per heavy atom. The molecular formula is C14H24N4O2. The summed E-state index contributed by atoms with van der Waals surface area (Å²) in [4.78, 5) is 13.3. The van der Waals surface area contributed by atoms with E-state index in [9.17, 15) is 9.90 Å². The summed E-state index contributed by atoms with van der Waals surface area (Å²) in [6, 6.07) is 0. The highest BCUT2D eigenvalue weighted by molar-refractivity contribution is 5.79. The molecule has 20 heavy (non-hydrogen) atoms. The molecule has 3 N–H and O–H groups in total. The molecule has 0 saturated carbocycles. The molecule has 0 aromatic carbocycles. The standard InChI is InChI=1S/C14H24N4O2/c1-13(2,3)11-10(7-17(4)16-11)8-18-6-5-14(15,9-18)12(19)20/h7H,5-6,8-9,15H2,1-4H3,(H,19,20). The van der Waals surface area contributed by atoms with Crippen LogP contribution in [-0.4, -0.2) is 44.4 Å². The van der Waals surface area contributed by atoms with E-state index >= 15 is 0 Å². The number of hydrogen-bond donors (Lipinski definition) is 2. The van der Waals surface area contributed by atoms with E-state index in [1.54, 1.807) is 0 Å². The minimum absolute atomic E-state index is 0.0249. The van der Waals surface area contributed by atoms with Crippen LogP contribution in [0, 0.1) is 0 Å². The predicted molar refractivity (Wildman–Crippen MR) is 76.4 cm³/mol. The van der Waals surface area contributed by atoms with E-state index in [2.05, 4.69) is 30.8 Å². The Bertz CT molecular complexity index is 518. The number of aromatic nitrogens is 2. The molecule has 1 saturated heterocycles. The van der Waals surface area contributed by atoms with Crippen LogP contribution in [0.3, 0.4) is 0 Å². The minimum atomic E-state index is -1.11. The molecule has 0 spiro atoms. The van der Waals surface area contributed by atoms with Crippen LogP contribution in [-0.2, 0) is 23.8 Å². The highest BCUT2D eigenvalue weighted by atomic mass is 16.4. The van der Waals surface area contributed by atoms with Crippen molar-refractivity contribution in [2.24, 2.45) is 12.8 Å². The first-order valence-electron chi connectivity index (χ1n) is 6.89. The lowest BCUT2D eigenvalue weighted by atomic mass is 9.89. The highest BCUT2D eigenvalue weighted by Crippen LogP contribution is 2.27. The number of rotatable bonds is 3. The van der Waals surface area contributed by atoms with Gasteiger partial charge in [-0.3, -0.25) is 14.4 Å². The Morgan fingerprint density at radius 3 is 2.70 bits per heavy atom. The Morgan fingerprint density at radius 1 is 1.55 bits per heavy atom. The van der Waals surface area contributed by atoms with Crippen LogP contribution in [0.5, 0.6) is 0 Å². The quantitative estimate of drug-likeness (QED) is 0.851. The van der Waals surface area contributed by atoms with Gasteiger partial charge in [0.05, 0.1) is 5.69 Å². The summed E-state index contributed by atoms with van der Waals surface area (Å²) in [6.45, 7) is 8.20. The highest BCUT2D eigenvalue weighted by Gasteiger charge is 2.41. The number of hydrogen-bond acceptors (Lipinski definition) is 4. The Kier molecular flexibility index (Phi) is 3.64. The maximum absolute atomic E-state index is 11.2. The predicted octanol–water partition coefficient (Wildman–Crippen LogP) is 0.705. The number of aliphatic carboxylic acids is 1. The zero-order valence-corrected chi connectivity index (χ0v) is 12.7. The molecule has 0 bridgehead atoms. The Labute approximate surface area is 119 Å². The molecular weight excluding hydrogens is 256 g/mol. The van der Waals surface area contributed by atoms with Crippen molar-refractivity contribution in [2.75, 3.05) is 13.1 Å². The van der Waals surface area contributed by atoms with Crippen LogP contribution >= 0.6 is 0 Å². The molecule has 1 fully saturated rings. The second kappa shape index (κ2) is 4.86. The topological polar surface area (TPSA) is 84.4 Å². The summed E-state index contributed by atoms with van der Waals surface area (Å²) in [5.41, 5.74) is 6.99. The normalized spacial score (nSPS) is 24.2. The van der Waals surface area contributed by atoms with Crippen molar-refractivity contribution in [2.45, 2.75) is 44.7 Å². The van der Waals surface area contributed by atoms with Gasteiger partial charge in [0.15, 0.2) is 0 Å². The van der Waals surface area contributed by atoms with Gasteiger partial charge < -0.3 is 10.8 Å². The molecule has 1 aromatic rings. The van der Waals surface area contributed by atoms with Crippen molar-refractivity contribution in [3.8, 4) is 0 Å². The summed E-state index contributed by atoms with van der Waals surface area (Å²) in [5.74, 6) is -0.915. The van der Waals surface area contributed by atoms with E-state index in [0.717, 1.165) is 11.3 Å². The third kappa shape index (κ3) is 2.86. The smallest absolute Gasteiger partial charge is 0.325 e.